The maximum absolute atomic E-state index is 13.9. The van der Waals surface area contributed by atoms with Crippen LogP contribution in [-0.2, 0) is 4.79 Å². The first-order valence-corrected chi connectivity index (χ1v) is 8.29. The van der Waals surface area contributed by atoms with E-state index in [0.29, 0.717) is 28.7 Å². The Balaban J connectivity index is 1.89. The smallest absolute Gasteiger partial charge is 0.255 e. The summed E-state index contributed by atoms with van der Waals surface area (Å²) in [5.41, 5.74) is 5.61. The zero-order valence-corrected chi connectivity index (χ0v) is 14.5. The Hall–Kier alpha value is -2.90. The van der Waals surface area contributed by atoms with Crippen LogP contribution in [0.5, 0.6) is 11.5 Å². The third kappa shape index (κ3) is 3.14. The number of pyridine rings is 1. The van der Waals surface area contributed by atoms with E-state index in [0.717, 1.165) is 0 Å². The molecule has 0 saturated carbocycles. The average molecular weight is 361 g/mol. The number of alkyl halides is 1. The van der Waals surface area contributed by atoms with E-state index in [2.05, 4.69) is 10.3 Å². The Kier molecular flexibility index (Phi) is 4.92. The molecular weight excluding hydrogens is 341 g/mol. The van der Waals surface area contributed by atoms with Gasteiger partial charge in [-0.3, -0.25) is 14.6 Å². The number of aromatic nitrogens is 1. The van der Waals surface area contributed by atoms with Crippen molar-refractivity contribution >= 4 is 22.6 Å². The number of carbonyl (C=O) groups is 2. The number of benzene rings is 1. The first kappa shape index (κ1) is 17.9. The van der Waals surface area contributed by atoms with E-state index in [1.807, 2.05) is 6.92 Å². The minimum Gasteiger partial charge on any atom is -0.496 e. The van der Waals surface area contributed by atoms with Crippen LogP contribution >= 0.6 is 0 Å². The Morgan fingerprint density at radius 1 is 1.35 bits per heavy atom. The Morgan fingerprint density at radius 3 is 2.77 bits per heavy atom. The number of fused-ring (bicyclic) bond motifs is 1. The number of ether oxygens (including phenoxy) is 2. The van der Waals surface area contributed by atoms with Crippen molar-refractivity contribution in [3.8, 4) is 11.5 Å². The highest BCUT2D eigenvalue weighted by molar-refractivity contribution is 6.01. The molecule has 2 amide bonds. The molecule has 138 valence electrons. The molecule has 8 heteroatoms. The van der Waals surface area contributed by atoms with E-state index >= 15 is 0 Å². The van der Waals surface area contributed by atoms with Gasteiger partial charge in [-0.2, -0.15) is 0 Å². The molecule has 0 radical (unpaired) electrons. The zero-order valence-electron chi connectivity index (χ0n) is 14.5. The van der Waals surface area contributed by atoms with Crippen molar-refractivity contribution in [2.24, 2.45) is 11.7 Å². The molecule has 0 spiro atoms. The van der Waals surface area contributed by atoms with Crippen LogP contribution in [0.15, 0.2) is 24.5 Å². The number of amides is 2. The average Bonchev–Trinajstić information content (AvgIpc) is 2.91. The summed E-state index contributed by atoms with van der Waals surface area (Å²) in [5, 5.41) is 3.96. The maximum Gasteiger partial charge on any atom is 0.255 e. The number of methoxy groups -OCH3 is 1. The fraction of sp³-hybridized carbons (Fsp3) is 0.389. The minimum absolute atomic E-state index is 0.116. The number of nitrogens with zero attached hydrogens (tertiary/aromatic N) is 1. The highest BCUT2D eigenvalue weighted by atomic mass is 19.1. The zero-order chi connectivity index (χ0) is 18.8. The van der Waals surface area contributed by atoms with Crippen LogP contribution in [0.25, 0.3) is 10.8 Å². The number of hydrogen-bond acceptors (Lipinski definition) is 5. The van der Waals surface area contributed by atoms with E-state index in [-0.39, 0.29) is 12.2 Å². The molecule has 7 nitrogen and oxygen atoms in total. The molecule has 1 aliphatic heterocycles. The lowest BCUT2D eigenvalue weighted by atomic mass is 9.97. The molecule has 3 N–H and O–H groups in total. The van der Waals surface area contributed by atoms with Gasteiger partial charge in [0.2, 0.25) is 0 Å². The third-order valence-electron chi connectivity index (χ3n) is 4.67. The Labute approximate surface area is 149 Å². The van der Waals surface area contributed by atoms with Gasteiger partial charge in [-0.15, -0.1) is 0 Å². The lowest BCUT2D eigenvalue weighted by molar-refractivity contribution is -0.123. The van der Waals surface area contributed by atoms with Crippen LogP contribution in [0.3, 0.4) is 0 Å². The fourth-order valence-corrected chi connectivity index (χ4v) is 3.25. The van der Waals surface area contributed by atoms with Crippen LogP contribution in [0.4, 0.5) is 4.39 Å². The molecular formula is C18H20FN3O4. The molecule has 1 fully saturated rings. The molecule has 1 aliphatic rings. The normalized spacial score (nSPS) is 22.3. The first-order valence-electron chi connectivity index (χ1n) is 8.29. The van der Waals surface area contributed by atoms with Crippen molar-refractivity contribution in [2.45, 2.75) is 25.6 Å². The van der Waals surface area contributed by atoms with Gasteiger partial charge in [0.1, 0.15) is 18.1 Å². The van der Waals surface area contributed by atoms with Crippen LogP contribution in [0, 0.1) is 5.92 Å². The quantitative estimate of drug-likeness (QED) is 0.813. The van der Waals surface area contributed by atoms with E-state index < -0.39 is 29.9 Å². The second-order valence-electron chi connectivity index (χ2n) is 6.18. The molecule has 1 aromatic carbocycles. The highest BCUT2D eigenvalue weighted by Crippen LogP contribution is 2.32. The predicted molar refractivity (Wildman–Crippen MR) is 92.9 cm³/mol. The van der Waals surface area contributed by atoms with Crippen LogP contribution in [0.1, 0.15) is 23.7 Å². The van der Waals surface area contributed by atoms with Gasteiger partial charge in [0, 0.05) is 22.9 Å². The van der Waals surface area contributed by atoms with Gasteiger partial charge < -0.3 is 20.5 Å². The molecule has 2 heterocycles. The van der Waals surface area contributed by atoms with Crippen molar-refractivity contribution in [3.63, 3.8) is 0 Å². The summed E-state index contributed by atoms with van der Waals surface area (Å²) in [6.45, 7) is 1.95. The molecule has 26 heavy (non-hydrogen) atoms. The maximum atomic E-state index is 13.9. The SMILES string of the molecule is CCC1C(COc2cncc3cc(C(N)=O)c(OC)cc23)NC(=O)[C@H]1F. The summed E-state index contributed by atoms with van der Waals surface area (Å²) in [7, 11) is 1.44. The van der Waals surface area contributed by atoms with E-state index in [9.17, 15) is 14.0 Å². The van der Waals surface area contributed by atoms with Gasteiger partial charge in [-0.1, -0.05) is 6.92 Å². The van der Waals surface area contributed by atoms with E-state index in [4.69, 9.17) is 15.2 Å². The second-order valence-corrected chi connectivity index (χ2v) is 6.18. The second kappa shape index (κ2) is 7.15. The molecule has 1 saturated heterocycles. The molecule has 3 atom stereocenters. The van der Waals surface area contributed by atoms with E-state index in [1.54, 1.807) is 18.3 Å². The first-order chi connectivity index (χ1) is 12.5. The number of nitrogens with two attached hydrogens (primary N) is 1. The number of halogens is 1. The van der Waals surface area contributed by atoms with Gasteiger partial charge in [-0.25, -0.2) is 4.39 Å². The largest absolute Gasteiger partial charge is 0.496 e. The minimum atomic E-state index is -1.52. The summed E-state index contributed by atoms with van der Waals surface area (Å²) in [4.78, 5) is 27.2. The van der Waals surface area contributed by atoms with Crippen molar-refractivity contribution in [1.82, 2.24) is 10.3 Å². The monoisotopic (exact) mass is 361 g/mol. The van der Waals surface area contributed by atoms with E-state index in [1.165, 1.54) is 13.3 Å². The van der Waals surface area contributed by atoms with Crippen LogP contribution < -0.4 is 20.5 Å². The molecule has 0 bridgehead atoms. The standard InChI is InChI=1S/C18H20FN3O4/c1-3-10-13(22-18(24)16(10)19)8-26-15-7-21-6-9-4-12(17(20)23)14(25-2)5-11(9)15/h4-7,10,13,16H,3,8H2,1-2H3,(H2,20,23)(H,22,24)/t10?,13?,16-/m0/s1. The number of primary amides is 1. The summed E-state index contributed by atoms with van der Waals surface area (Å²) in [6, 6.07) is 2.82. The van der Waals surface area contributed by atoms with Crippen LogP contribution in [0.2, 0.25) is 0 Å². The Morgan fingerprint density at radius 2 is 2.12 bits per heavy atom. The highest BCUT2D eigenvalue weighted by Gasteiger charge is 2.41. The summed E-state index contributed by atoms with van der Waals surface area (Å²) in [6.07, 6.45) is 2.11. The predicted octanol–water partition coefficient (Wildman–Crippen LogP) is 1.58. The summed E-state index contributed by atoms with van der Waals surface area (Å²) >= 11 is 0. The van der Waals surface area contributed by atoms with Gasteiger partial charge >= 0.3 is 0 Å². The molecule has 2 unspecified atom stereocenters. The van der Waals surface area contributed by atoms with Gasteiger partial charge in [-0.05, 0) is 18.6 Å². The topological polar surface area (TPSA) is 104 Å². The Bertz CT molecular complexity index is 858. The number of hydrogen-bond donors (Lipinski definition) is 2. The van der Waals surface area contributed by atoms with Crippen molar-refractivity contribution < 1.29 is 23.5 Å². The summed E-state index contributed by atoms with van der Waals surface area (Å²) < 4.78 is 24.9. The van der Waals surface area contributed by atoms with Gasteiger partial charge in [0.05, 0.1) is 24.9 Å². The number of carbonyl (C=O) groups excluding carboxylic acids is 2. The third-order valence-corrected chi connectivity index (χ3v) is 4.67. The van der Waals surface area contributed by atoms with Crippen molar-refractivity contribution in [3.05, 3.63) is 30.1 Å². The van der Waals surface area contributed by atoms with Gasteiger partial charge in [0.15, 0.2) is 6.17 Å². The fourth-order valence-electron chi connectivity index (χ4n) is 3.25. The lowest BCUT2D eigenvalue weighted by Gasteiger charge is -2.19. The van der Waals surface area contributed by atoms with Crippen molar-refractivity contribution in [2.75, 3.05) is 13.7 Å². The van der Waals surface area contributed by atoms with Gasteiger partial charge in [0.25, 0.3) is 11.8 Å². The number of nitrogens with one attached hydrogen (secondary N) is 1. The molecule has 0 aliphatic carbocycles. The molecule has 1 aromatic heterocycles. The number of rotatable bonds is 6. The molecule has 3 rings (SSSR count). The lowest BCUT2D eigenvalue weighted by Crippen LogP contribution is -2.34. The molecule has 2 aromatic rings. The van der Waals surface area contributed by atoms with Crippen molar-refractivity contribution in [1.29, 1.82) is 0 Å². The summed E-state index contributed by atoms with van der Waals surface area (Å²) in [5.74, 6) is -0.868. The van der Waals surface area contributed by atoms with Crippen LogP contribution in [-0.4, -0.2) is 42.7 Å².